The molecule has 2 aromatic rings. The minimum atomic E-state index is -0.370. The second-order valence-corrected chi connectivity index (χ2v) is 6.49. The van der Waals surface area contributed by atoms with Gasteiger partial charge in [0, 0.05) is 16.2 Å². The molecule has 110 valence electrons. The fraction of sp³-hybridized carbons (Fsp3) is 0.375. The first-order valence-electron chi connectivity index (χ1n) is 7.26. The Balaban J connectivity index is 1.73. The van der Waals surface area contributed by atoms with E-state index in [2.05, 4.69) is 38.4 Å². The van der Waals surface area contributed by atoms with Gasteiger partial charge in [0.1, 0.15) is 0 Å². The molecule has 1 saturated carbocycles. The Bertz CT molecular complexity index is 644. The topological polar surface area (TPSA) is 57.8 Å². The zero-order valence-corrected chi connectivity index (χ0v) is 13.5. The van der Waals surface area contributed by atoms with Crippen LogP contribution < -0.4 is 5.32 Å². The van der Waals surface area contributed by atoms with E-state index in [4.69, 9.17) is 0 Å². The lowest BCUT2D eigenvalue weighted by atomic mass is 9.95. The molecular formula is C16H18BrN3O. The summed E-state index contributed by atoms with van der Waals surface area (Å²) >= 11 is 3.43. The molecule has 0 saturated heterocycles. The SMILES string of the molecule is CCCc1cc(NC(=O)C2(c3ccc(Br)cc3)CC2)n[nH]1. The van der Waals surface area contributed by atoms with Gasteiger partial charge in [-0.3, -0.25) is 9.89 Å². The lowest BCUT2D eigenvalue weighted by molar-refractivity contribution is -0.118. The number of rotatable bonds is 5. The summed E-state index contributed by atoms with van der Waals surface area (Å²) < 4.78 is 1.03. The third-order valence-electron chi connectivity index (χ3n) is 3.97. The van der Waals surface area contributed by atoms with Gasteiger partial charge >= 0.3 is 0 Å². The Morgan fingerprint density at radius 2 is 2.10 bits per heavy atom. The normalized spacial score (nSPS) is 15.7. The highest BCUT2D eigenvalue weighted by molar-refractivity contribution is 9.10. The van der Waals surface area contributed by atoms with Crippen LogP contribution in [0.1, 0.15) is 37.4 Å². The number of benzene rings is 1. The number of anilines is 1. The highest BCUT2D eigenvalue weighted by atomic mass is 79.9. The van der Waals surface area contributed by atoms with Crippen molar-refractivity contribution < 1.29 is 4.79 Å². The number of hydrogen-bond donors (Lipinski definition) is 2. The molecule has 0 unspecified atom stereocenters. The van der Waals surface area contributed by atoms with E-state index in [1.165, 1.54) is 0 Å². The molecule has 1 heterocycles. The van der Waals surface area contributed by atoms with Gasteiger partial charge in [-0.1, -0.05) is 41.4 Å². The Morgan fingerprint density at radius 1 is 1.38 bits per heavy atom. The summed E-state index contributed by atoms with van der Waals surface area (Å²) in [7, 11) is 0. The van der Waals surface area contributed by atoms with Gasteiger partial charge in [0.25, 0.3) is 0 Å². The van der Waals surface area contributed by atoms with Crippen molar-refractivity contribution in [3.8, 4) is 0 Å². The van der Waals surface area contributed by atoms with Crippen LogP contribution in [0.15, 0.2) is 34.8 Å². The summed E-state index contributed by atoms with van der Waals surface area (Å²) in [5.74, 6) is 0.659. The molecule has 4 nitrogen and oxygen atoms in total. The van der Waals surface area contributed by atoms with Crippen molar-refractivity contribution in [3.63, 3.8) is 0 Å². The van der Waals surface area contributed by atoms with Crippen molar-refractivity contribution in [1.82, 2.24) is 10.2 Å². The Kier molecular flexibility index (Phi) is 3.85. The Morgan fingerprint density at radius 3 is 2.71 bits per heavy atom. The molecule has 0 radical (unpaired) electrons. The fourth-order valence-electron chi connectivity index (χ4n) is 2.60. The van der Waals surface area contributed by atoms with Crippen LogP contribution in [0.4, 0.5) is 5.82 Å². The number of aromatic nitrogens is 2. The summed E-state index contributed by atoms with van der Waals surface area (Å²) in [6.45, 7) is 2.12. The zero-order chi connectivity index (χ0) is 14.9. The van der Waals surface area contributed by atoms with Gasteiger partial charge in [-0.2, -0.15) is 5.10 Å². The molecule has 2 N–H and O–H groups in total. The van der Waals surface area contributed by atoms with Gasteiger partial charge in [0.2, 0.25) is 5.91 Å². The Hall–Kier alpha value is -1.62. The fourth-order valence-corrected chi connectivity index (χ4v) is 2.86. The quantitative estimate of drug-likeness (QED) is 0.864. The molecule has 0 spiro atoms. The van der Waals surface area contributed by atoms with Crippen LogP contribution in [0.25, 0.3) is 0 Å². The molecule has 0 bridgehead atoms. The Labute approximate surface area is 132 Å². The smallest absolute Gasteiger partial charge is 0.236 e. The second kappa shape index (κ2) is 5.64. The zero-order valence-electron chi connectivity index (χ0n) is 11.9. The number of aryl methyl sites for hydroxylation is 1. The van der Waals surface area contributed by atoms with E-state index in [1.807, 2.05) is 30.3 Å². The van der Waals surface area contributed by atoms with Crippen LogP contribution >= 0.6 is 15.9 Å². The van der Waals surface area contributed by atoms with E-state index in [-0.39, 0.29) is 11.3 Å². The molecule has 1 fully saturated rings. The van der Waals surface area contributed by atoms with E-state index in [1.54, 1.807) is 0 Å². The standard InChI is InChI=1S/C16H18BrN3O/c1-2-3-13-10-14(20-19-13)18-15(21)16(8-9-16)11-4-6-12(17)7-5-11/h4-7,10H,2-3,8-9H2,1H3,(H2,18,19,20,21). The summed E-state index contributed by atoms with van der Waals surface area (Å²) in [5, 5.41) is 10.1. The number of aromatic amines is 1. The van der Waals surface area contributed by atoms with E-state index in [0.717, 1.165) is 41.4 Å². The monoisotopic (exact) mass is 347 g/mol. The van der Waals surface area contributed by atoms with Crippen LogP contribution in [-0.4, -0.2) is 16.1 Å². The molecule has 0 aliphatic heterocycles. The van der Waals surface area contributed by atoms with Crippen molar-refractivity contribution in [3.05, 3.63) is 46.1 Å². The lowest BCUT2D eigenvalue weighted by Gasteiger charge is -2.14. The van der Waals surface area contributed by atoms with Crippen molar-refractivity contribution in [2.45, 2.75) is 38.0 Å². The first kappa shape index (κ1) is 14.3. The van der Waals surface area contributed by atoms with E-state index >= 15 is 0 Å². The van der Waals surface area contributed by atoms with Gasteiger partial charge in [0.15, 0.2) is 5.82 Å². The predicted octanol–water partition coefficient (Wildman–Crippen LogP) is 3.80. The summed E-state index contributed by atoms with van der Waals surface area (Å²) in [4.78, 5) is 12.6. The number of hydrogen-bond acceptors (Lipinski definition) is 2. The first-order chi connectivity index (χ1) is 10.1. The van der Waals surface area contributed by atoms with Crippen molar-refractivity contribution in [2.75, 3.05) is 5.32 Å². The molecule has 0 atom stereocenters. The number of nitrogens with zero attached hydrogens (tertiary/aromatic N) is 1. The average Bonchev–Trinajstić information content (AvgIpc) is 3.17. The minimum Gasteiger partial charge on any atom is -0.308 e. The molecule has 3 rings (SSSR count). The minimum absolute atomic E-state index is 0.0411. The van der Waals surface area contributed by atoms with Crippen molar-refractivity contribution >= 4 is 27.7 Å². The maximum Gasteiger partial charge on any atom is 0.236 e. The molecule has 21 heavy (non-hydrogen) atoms. The maximum atomic E-state index is 12.6. The van der Waals surface area contributed by atoms with Crippen LogP contribution in [0, 0.1) is 0 Å². The third kappa shape index (κ3) is 2.88. The predicted molar refractivity (Wildman–Crippen MR) is 86.3 cm³/mol. The number of amides is 1. The third-order valence-corrected chi connectivity index (χ3v) is 4.50. The second-order valence-electron chi connectivity index (χ2n) is 5.57. The molecular weight excluding hydrogens is 330 g/mol. The summed E-state index contributed by atoms with van der Waals surface area (Å²) in [5.41, 5.74) is 1.76. The van der Waals surface area contributed by atoms with Crippen LogP contribution in [0.3, 0.4) is 0 Å². The van der Waals surface area contributed by atoms with Gasteiger partial charge in [-0.05, 0) is 37.0 Å². The van der Waals surface area contributed by atoms with E-state index in [0.29, 0.717) is 5.82 Å². The van der Waals surface area contributed by atoms with Gasteiger partial charge in [-0.25, -0.2) is 0 Å². The maximum absolute atomic E-state index is 12.6. The number of carbonyl (C=O) groups excluding carboxylic acids is 1. The summed E-state index contributed by atoms with van der Waals surface area (Å²) in [6.07, 6.45) is 3.79. The van der Waals surface area contributed by atoms with Crippen molar-refractivity contribution in [2.24, 2.45) is 0 Å². The molecule has 1 aliphatic carbocycles. The molecule has 1 aromatic heterocycles. The number of halogens is 1. The average molecular weight is 348 g/mol. The molecule has 1 aromatic carbocycles. The van der Waals surface area contributed by atoms with E-state index in [9.17, 15) is 4.79 Å². The molecule has 5 heteroatoms. The van der Waals surface area contributed by atoms with Crippen molar-refractivity contribution in [1.29, 1.82) is 0 Å². The number of H-pyrrole nitrogens is 1. The highest BCUT2D eigenvalue weighted by Crippen LogP contribution is 2.49. The van der Waals surface area contributed by atoms with Gasteiger partial charge in [-0.15, -0.1) is 0 Å². The van der Waals surface area contributed by atoms with Crippen LogP contribution in [-0.2, 0) is 16.6 Å². The first-order valence-corrected chi connectivity index (χ1v) is 8.05. The van der Waals surface area contributed by atoms with Crippen LogP contribution in [0.2, 0.25) is 0 Å². The number of nitrogens with one attached hydrogen (secondary N) is 2. The number of carbonyl (C=O) groups is 1. The lowest BCUT2D eigenvalue weighted by Crippen LogP contribution is -2.27. The van der Waals surface area contributed by atoms with Crippen LogP contribution in [0.5, 0.6) is 0 Å². The largest absolute Gasteiger partial charge is 0.308 e. The van der Waals surface area contributed by atoms with E-state index < -0.39 is 0 Å². The van der Waals surface area contributed by atoms with Gasteiger partial charge in [0.05, 0.1) is 5.41 Å². The molecule has 1 amide bonds. The summed E-state index contributed by atoms with van der Waals surface area (Å²) in [6, 6.07) is 9.92. The van der Waals surface area contributed by atoms with Gasteiger partial charge < -0.3 is 5.32 Å². The highest BCUT2D eigenvalue weighted by Gasteiger charge is 2.51. The molecule has 1 aliphatic rings.